The van der Waals surface area contributed by atoms with Gasteiger partial charge in [0, 0.05) is 24.4 Å². The van der Waals surface area contributed by atoms with Crippen LogP contribution in [0.25, 0.3) is 0 Å². The number of nitro benzene ring substituents is 1. The topological polar surface area (TPSA) is 91.8 Å². The van der Waals surface area contributed by atoms with Crippen LogP contribution < -0.4 is 5.32 Å². The first-order valence-corrected chi connectivity index (χ1v) is 5.94. The second-order valence-electron chi connectivity index (χ2n) is 4.27. The minimum Gasteiger partial charge on any atom is -0.366 e. The van der Waals surface area contributed by atoms with Crippen molar-refractivity contribution >= 4 is 11.5 Å². The van der Waals surface area contributed by atoms with Crippen molar-refractivity contribution < 1.29 is 4.92 Å². The third-order valence-corrected chi connectivity index (χ3v) is 2.70. The molecule has 6 nitrogen and oxygen atoms in total. The Hall–Kier alpha value is -2.94. The molecule has 1 aromatic heterocycles. The lowest BCUT2D eigenvalue weighted by molar-refractivity contribution is -0.384. The quantitative estimate of drug-likeness (QED) is 0.680. The first kappa shape index (κ1) is 13.5. The number of rotatable bonds is 4. The molecule has 0 spiro atoms. The van der Waals surface area contributed by atoms with Gasteiger partial charge in [0.2, 0.25) is 0 Å². The maximum absolute atomic E-state index is 10.5. The molecule has 1 aromatic carbocycles. The zero-order valence-corrected chi connectivity index (χ0v) is 10.8. The minimum atomic E-state index is -0.432. The number of aryl methyl sites for hydroxylation is 1. The largest absolute Gasteiger partial charge is 0.366 e. The van der Waals surface area contributed by atoms with Crippen molar-refractivity contribution in [1.82, 2.24) is 4.98 Å². The highest BCUT2D eigenvalue weighted by Gasteiger charge is 2.04. The van der Waals surface area contributed by atoms with Gasteiger partial charge in [-0.15, -0.1) is 0 Å². The van der Waals surface area contributed by atoms with Gasteiger partial charge in [0.1, 0.15) is 5.82 Å². The van der Waals surface area contributed by atoms with Crippen molar-refractivity contribution in [3.8, 4) is 6.07 Å². The van der Waals surface area contributed by atoms with Gasteiger partial charge in [-0.3, -0.25) is 10.1 Å². The number of nitrogens with zero attached hydrogens (tertiary/aromatic N) is 3. The highest BCUT2D eigenvalue weighted by Crippen LogP contribution is 2.14. The van der Waals surface area contributed by atoms with Crippen LogP contribution in [0.1, 0.15) is 16.8 Å². The van der Waals surface area contributed by atoms with Gasteiger partial charge in [-0.2, -0.15) is 5.26 Å². The van der Waals surface area contributed by atoms with Crippen LogP contribution in [0.3, 0.4) is 0 Å². The molecule has 2 aromatic rings. The van der Waals surface area contributed by atoms with Gasteiger partial charge in [-0.25, -0.2) is 4.98 Å². The molecule has 0 aliphatic heterocycles. The summed E-state index contributed by atoms with van der Waals surface area (Å²) in [5.41, 5.74) is 2.27. The molecule has 0 aliphatic carbocycles. The van der Waals surface area contributed by atoms with Crippen LogP contribution in [0.15, 0.2) is 36.4 Å². The zero-order valence-electron chi connectivity index (χ0n) is 10.8. The molecule has 0 saturated carbocycles. The monoisotopic (exact) mass is 268 g/mol. The molecule has 0 radical (unpaired) electrons. The summed E-state index contributed by atoms with van der Waals surface area (Å²) in [6.07, 6.45) is 0. The number of nitro groups is 1. The standard InChI is InChI=1S/C14H12N4O2/c1-10-6-12(8-15)7-14(17-10)16-9-11-2-4-13(5-3-11)18(19)20/h2-7H,9H2,1H3,(H,16,17). The molecule has 0 bridgehead atoms. The zero-order chi connectivity index (χ0) is 14.5. The Morgan fingerprint density at radius 1 is 1.35 bits per heavy atom. The summed E-state index contributed by atoms with van der Waals surface area (Å²) in [6.45, 7) is 2.30. The average molecular weight is 268 g/mol. The number of nitriles is 1. The first-order valence-electron chi connectivity index (χ1n) is 5.94. The summed E-state index contributed by atoms with van der Waals surface area (Å²) < 4.78 is 0. The number of hydrogen-bond donors (Lipinski definition) is 1. The first-order chi connectivity index (χ1) is 9.58. The summed E-state index contributed by atoms with van der Waals surface area (Å²) in [5.74, 6) is 0.611. The number of hydrogen-bond acceptors (Lipinski definition) is 5. The predicted molar refractivity (Wildman–Crippen MR) is 74.1 cm³/mol. The van der Waals surface area contributed by atoms with E-state index in [1.165, 1.54) is 12.1 Å². The third kappa shape index (κ3) is 3.29. The third-order valence-electron chi connectivity index (χ3n) is 2.70. The smallest absolute Gasteiger partial charge is 0.269 e. The molecule has 1 N–H and O–H groups in total. The Morgan fingerprint density at radius 2 is 2.05 bits per heavy atom. The minimum absolute atomic E-state index is 0.0641. The molecular formula is C14H12N4O2. The Morgan fingerprint density at radius 3 is 2.65 bits per heavy atom. The number of non-ortho nitro benzene ring substituents is 1. The van der Waals surface area contributed by atoms with Crippen LogP contribution in [0.2, 0.25) is 0 Å². The van der Waals surface area contributed by atoms with Gasteiger partial charge in [0.15, 0.2) is 0 Å². The van der Waals surface area contributed by atoms with Gasteiger partial charge >= 0.3 is 0 Å². The van der Waals surface area contributed by atoms with Crippen LogP contribution in [-0.4, -0.2) is 9.91 Å². The molecule has 0 aliphatic rings. The van der Waals surface area contributed by atoms with Crippen molar-refractivity contribution in [1.29, 1.82) is 5.26 Å². The number of pyridine rings is 1. The fourth-order valence-corrected chi connectivity index (χ4v) is 1.75. The Labute approximate surface area is 115 Å². The van der Waals surface area contributed by atoms with Crippen molar-refractivity contribution in [2.45, 2.75) is 13.5 Å². The van der Waals surface area contributed by atoms with E-state index >= 15 is 0 Å². The maximum Gasteiger partial charge on any atom is 0.269 e. The van der Waals surface area contributed by atoms with E-state index < -0.39 is 4.92 Å². The summed E-state index contributed by atoms with van der Waals surface area (Å²) in [7, 11) is 0. The summed E-state index contributed by atoms with van der Waals surface area (Å²) in [6, 6.07) is 11.7. The van der Waals surface area contributed by atoms with Gasteiger partial charge in [0.25, 0.3) is 5.69 Å². The van der Waals surface area contributed by atoms with Gasteiger partial charge in [-0.1, -0.05) is 12.1 Å². The highest BCUT2D eigenvalue weighted by molar-refractivity contribution is 5.45. The SMILES string of the molecule is Cc1cc(C#N)cc(NCc2ccc([N+](=O)[O-])cc2)n1. The Balaban J connectivity index is 2.07. The van der Waals surface area contributed by atoms with Crippen molar-refractivity contribution in [2.24, 2.45) is 0 Å². The van der Waals surface area contributed by atoms with E-state index in [-0.39, 0.29) is 5.69 Å². The lowest BCUT2D eigenvalue weighted by Crippen LogP contribution is -2.02. The second-order valence-corrected chi connectivity index (χ2v) is 4.27. The number of aromatic nitrogens is 1. The van der Waals surface area contributed by atoms with Crippen LogP contribution in [0.4, 0.5) is 11.5 Å². The molecule has 6 heteroatoms. The van der Waals surface area contributed by atoms with E-state index in [1.807, 2.05) is 6.92 Å². The lowest BCUT2D eigenvalue weighted by atomic mass is 10.2. The normalized spacial score (nSPS) is 9.80. The van der Waals surface area contributed by atoms with E-state index in [9.17, 15) is 10.1 Å². The molecule has 100 valence electrons. The molecule has 1 heterocycles. The Bertz CT molecular complexity index is 675. The van der Waals surface area contributed by atoms with Gasteiger partial charge in [0.05, 0.1) is 16.6 Å². The van der Waals surface area contributed by atoms with Crippen molar-refractivity contribution in [3.63, 3.8) is 0 Å². The van der Waals surface area contributed by atoms with Crippen molar-refractivity contribution in [3.05, 3.63) is 63.3 Å². The summed E-state index contributed by atoms with van der Waals surface area (Å²) >= 11 is 0. The molecule has 0 fully saturated rings. The number of benzene rings is 1. The highest BCUT2D eigenvalue weighted by atomic mass is 16.6. The number of anilines is 1. The van der Waals surface area contributed by atoms with E-state index in [0.29, 0.717) is 17.9 Å². The van der Waals surface area contributed by atoms with Crippen LogP contribution in [-0.2, 0) is 6.54 Å². The van der Waals surface area contributed by atoms with E-state index in [2.05, 4.69) is 16.4 Å². The van der Waals surface area contributed by atoms with Gasteiger partial charge < -0.3 is 5.32 Å². The van der Waals surface area contributed by atoms with Crippen LogP contribution in [0.5, 0.6) is 0 Å². The molecule has 20 heavy (non-hydrogen) atoms. The van der Waals surface area contributed by atoms with Crippen LogP contribution in [0, 0.1) is 28.4 Å². The fraction of sp³-hybridized carbons (Fsp3) is 0.143. The van der Waals surface area contributed by atoms with Crippen LogP contribution >= 0.6 is 0 Å². The molecule has 0 amide bonds. The fourth-order valence-electron chi connectivity index (χ4n) is 1.75. The average Bonchev–Trinajstić information content (AvgIpc) is 2.45. The molecule has 2 rings (SSSR count). The second kappa shape index (κ2) is 5.80. The molecular weight excluding hydrogens is 256 g/mol. The summed E-state index contributed by atoms with van der Waals surface area (Å²) in [4.78, 5) is 14.4. The summed E-state index contributed by atoms with van der Waals surface area (Å²) in [5, 5.41) is 22.5. The number of nitrogens with one attached hydrogen (secondary N) is 1. The van der Waals surface area contributed by atoms with E-state index in [0.717, 1.165) is 11.3 Å². The van der Waals surface area contributed by atoms with Crippen molar-refractivity contribution in [2.75, 3.05) is 5.32 Å². The van der Waals surface area contributed by atoms with Gasteiger partial charge in [-0.05, 0) is 24.6 Å². The molecule has 0 unspecified atom stereocenters. The van der Waals surface area contributed by atoms with E-state index in [1.54, 1.807) is 24.3 Å². The maximum atomic E-state index is 10.5. The lowest BCUT2D eigenvalue weighted by Gasteiger charge is -2.07. The predicted octanol–water partition coefficient (Wildman–Crippen LogP) is 2.78. The molecule has 0 saturated heterocycles. The Kier molecular flexibility index (Phi) is 3.91. The van der Waals surface area contributed by atoms with E-state index in [4.69, 9.17) is 5.26 Å². The molecule has 0 atom stereocenters.